The van der Waals surface area contributed by atoms with Gasteiger partial charge in [-0.2, -0.15) is 0 Å². The molecule has 5 nitrogen and oxygen atoms in total. The van der Waals surface area contributed by atoms with Crippen LogP contribution in [0.15, 0.2) is 60.7 Å². The van der Waals surface area contributed by atoms with E-state index in [1.807, 2.05) is 48.5 Å². The molecule has 0 radical (unpaired) electrons. The topological polar surface area (TPSA) is 58.1 Å². The minimum Gasteiger partial charge on any atom is -0.340 e. The molecular weight excluding hydrogens is 348 g/mol. The van der Waals surface area contributed by atoms with Gasteiger partial charge in [0.1, 0.15) is 17.3 Å². The first-order chi connectivity index (χ1) is 13.3. The number of carbonyl (C=O) groups is 1. The maximum Gasteiger partial charge on any atom is 0.276 e. The maximum atomic E-state index is 12.9. The Bertz CT molecular complexity index is 977. The van der Waals surface area contributed by atoms with Gasteiger partial charge >= 0.3 is 0 Å². The van der Waals surface area contributed by atoms with E-state index < -0.39 is 0 Å². The number of hydrogen-bond acceptors (Lipinski definition) is 4. The van der Waals surface area contributed by atoms with Crippen LogP contribution in [-0.4, -0.2) is 22.9 Å². The number of nitrogens with zero attached hydrogens (tertiary/aromatic N) is 3. The summed E-state index contributed by atoms with van der Waals surface area (Å²) in [5.74, 6) is 0.973. The van der Waals surface area contributed by atoms with Crippen molar-refractivity contribution in [2.45, 2.75) is 33.1 Å². The van der Waals surface area contributed by atoms with Crippen LogP contribution in [0, 0.1) is 6.92 Å². The molecule has 0 aliphatic carbocycles. The Kier molecular flexibility index (Phi) is 5.45. The number of para-hydroxylation sites is 2. The Hall–Kier alpha value is -3.21. The van der Waals surface area contributed by atoms with Crippen molar-refractivity contribution in [1.29, 1.82) is 0 Å². The molecule has 0 bridgehead atoms. The van der Waals surface area contributed by atoms with Crippen molar-refractivity contribution in [3.05, 3.63) is 77.7 Å². The van der Waals surface area contributed by atoms with Crippen LogP contribution in [0.5, 0.6) is 0 Å². The molecule has 1 aromatic heterocycles. The Morgan fingerprint density at radius 2 is 1.61 bits per heavy atom. The lowest BCUT2D eigenvalue weighted by molar-refractivity contribution is 0.0988. The van der Waals surface area contributed by atoms with Gasteiger partial charge < -0.3 is 10.2 Å². The van der Waals surface area contributed by atoms with Crippen LogP contribution in [-0.2, 0) is 5.41 Å². The Morgan fingerprint density at radius 3 is 2.29 bits per heavy atom. The van der Waals surface area contributed by atoms with Crippen molar-refractivity contribution < 1.29 is 4.79 Å². The van der Waals surface area contributed by atoms with Crippen molar-refractivity contribution >= 4 is 23.1 Å². The standard InChI is InChI=1S/C23H26N4O/c1-16-24-20(22(28)27(5)17-11-7-6-8-12-17)15-21(25-16)26-19-14-10-9-13-18(19)23(2,3)4/h6-15H,1-5H3,(H,24,25,26). The molecule has 1 amide bonds. The molecule has 0 aliphatic heterocycles. The number of carbonyl (C=O) groups excluding carboxylic acids is 1. The zero-order valence-electron chi connectivity index (χ0n) is 17.0. The lowest BCUT2D eigenvalue weighted by Gasteiger charge is -2.23. The van der Waals surface area contributed by atoms with Gasteiger partial charge in [-0.25, -0.2) is 9.97 Å². The second kappa shape index (κ2) is 7.80. The minimum absolute atomic E-state index is 0.0160. The summed E-state index contributed by atoms with van der Waals surface area (Å²) in [6, 6.07) is 19.4. The third-order valence-electron chi connectivity index (χ3n) is 4.50. The van der Waals surface area contributed by atoms with Gasteiger partial charge in [-0.05, 0) is 36.1 Å². The fourth-order valence-electron chi connectivity index (χ4n) is 3.07. The molecule has 5 heteroatoms. The summed E-state index contributed by atoms with van der Waals surface area (Å²) in [4.78, 5) is 23.4. The average Bonchev–Trinajstić information content (AvgIpc) is 2.66. The second-order valence-corrected chi connectivity index (χ2v) is 7.81. The summed E-state index contributed by atoms with van der Waals surface area (Å²) in [6.45, 7) is 8.30. The molecule has 0 unspecified atom stereocenters. The van der Waals surface area contributed by atoms with E-state index >= 15 is 0 Å². The third-order valence-corrected chi connectivity index (χ3v) is 4.50. The van der Waals surface area contributed by atoms with Crippen molar-refractivity contribution in [3.8, 4) is 0 Å². The molecule has 1 N–H and O–H groups in total. The first kappa shape index (κ1) is 19.5. The number of aryl methyl sites for hydroxylation is 1. The lowest BCUT2D eigenvalue weighted by atomic mass is 9.86. The quantitative estimate of drug-likeness (QED) is 0.690. The normalized spacial score (nSPS) is 11.2. The van der Waals surface area contributed by atoms with E-state index in [0.29, 0.717) is 17.3 Å². The van der Waals surface area contributed by atoms with Gasteiger partial charge in [0, 0.05) is 24.5 Å². The largest absolute Gasteiger partial charge is 0.340 e. The average molecular weight is 374 g/mol. The van der Waals surface area contributed by atoms with Crippen molar-refractivity contribution in [1.82, 2.24) is 9.97 Å². The molecule has 0 atom stereocenters. The number of benzene rings is 2. The maximum absolute atomic E-state index is 12.9. The molecule has 3 aromatic rings. The SMILES string of the molecule is Cc1nc(Nc2ccccc2C(C)(C)C)cc(C(=O)N(C)c2ccccc2)n1. The molecule has 144 valence electrons. The zero-order valence-corrected chi connectivity index (χ0v) is 17.0. The van der Waals surface area contributed by atoms with Gasteiger partial charge in [0.15, 0.2) is 0 Å². The van der Waals surface area contributed by atoms with E-state index in [2.05, 4.69) is 42.1 Å². The highest BCUT2D eigenvalue weighted by Gasteiger charge is 2.19. The smallest absolute Gasteiger partial charge is 0.276 e. The van der Waals surface area contributed by atoms with E-state index in [-0.39, 0.29) is 11.3 Å². The summed E-state index contributed by atoms with van der Waals surface area (Å²) in [5.41, 5.74) is 3.31. The van der Waals surface area contributed by atoms with Crippen LogP contribution in [0.1, 0.15) is 42.6 Å². The van der Waals surface area contributed by atoms with Crippen LogP contribution in [0.3, 0.4) is 0 Å². The summed E-state index contributed by atoms with van der Waals surface area (Å²) < 4.78 is 0. The summed E-state index contributed by atoms with van der Waals surface area (Å²) >= 11 is 0. The molecule has 0 fully saturated rings. The Balaban J connectivity index is 1.92. The van der Waals surface area contributed by atoms with Gasteiger partial charge in [-0.15, -0.1) is 0 Å². The predicted molar refractivity (Wildman–Crippen MR) is 114 cm³/mol. The van der Waals surface area contributed by atoms with Crippen LogP contribution in [0.4, 0.5) is 17.2 Å². The van der Waals surface area contributed by atoms with Crippen LogP contribution < -0.4 is 10.2 Å². The van der Waals surface area contributed by atoms with E-state index in [9.17, 15) is 4.79 Å². The summed E-state index contributed by atoms with van der Waals surface area (Å²) in [7, 11) is 1.75. The summed E-state index contributed by atoms with van der Waals surface area (Å²) in [6.07, 6.45) is 0. The van der Waals surface area contributed by atoms with Crippen LogP contribution in [0.2, 0.25) is 0 Å². The number of hydrogen-bond donors (Lipinski definition) is 1. The van der Waals surface area contributed by atoms with Crippen LogP contribution >= 0.6 is 0 Å². The van der Waals surface area contributed by atoms with E-state index in [0.717, 1.165) is 11.4 Å². The highest BCUT2D eigenvalue weighted by molar-refractivity contribution is 6.04. The highest BCUT2D eigenvalue weighted by atomic mass is 16.2. The predicted octanol–water partition coefficient (Wildman–Crippen LogP) is 5.10. The molecule has 28 heavy (non-hydrogen) atoms. The molecular formula is C23H26N4O. The first-order valence-corrected chi connectivity index (χ1v) is 9.31. The van der Waals surface area contributed by atoms with E-state index in [1.54, 1.807) is 24.9 Å². The number of nitrogens with one attached hydrogen (secondary N) is 1. The fraction of sp³-hybridized carbons (Fsp3) is 0.261. The van der Waals surface area contributed by atoms with Crippen LogP contribution in [0.25, 0.3) is 0 Å². The number of aromatic nitrogens is 2. The molecule has 0 saturated heterocycles. The van der Waals surface area contributed by atoms with E-state index in [4.69, 9.17) is 0 Å². The molecule has 2 aromatic carbocycles. The lowest BCUT2D eigenvalue weighted by Crippen LogP contribution is -2.27. The third kappa shape index (κ3) is 4.36. The fourth-order valence-corrected chi connectivity index (χ4v) is 3.07. The van der Waals surface area contributed by atoms with Gasteiger partial charge in [-0.1, -0.05) is 57.2 Å². The Morgan fingerprint density at radius 1 is 0.964 bits per heavy atom. The number of anilines is 3. The van der Waals surface area contributed by atoms with Crippen molar-refractivity contribution in [3.63, 3.8) is 0 Å². The molecule has 0 aliphatic rings. The number of rotatable bonds is 4. The summed E-state index contributed by atoms with van der Waals surface area (Å²) in [5, 5.41) is 3.37. The van der Waals surface area contributed by atoms with Crippen molar-refractivity contribution in [2.24, 2.45) is 0 Å². The zero-order chi connectivity index (χ0) is 20.3. The Labute approximate surface area is 166 Å². The second-order valence-electron chi connectivity index (χ2n) is 7.81. The minimum atomic E-state index is -0.177. The van der Waals surface area contributed by atoms with E-state index in [1.165, 1.54) is 5.56 Å². The molecule has 0 saturated carbocycles. The monoisotopic (exact) mass is 374 g/mol. The first-order valence-electron chi connectivity index (χ1n) is 9.31. The van der Waals surface area contributed by atoms with Gasteiger partial charge in [0.2, 0.25) is 0 Å². The van der Waals surface area contributed by atoms with Gasteiger partial charge in [0.05, 0.1) is 0 Å². The molecule has 1 heterocycles. The number of amides is 1. The van der Waals surface area contributed by atoms with Gasteiger partial charge in [0.25, 0.3) is 5.91 Å². The molecule has 0 spiro atoms. The molecule has 3 rings (SSSR count). The highest BCUT2D eigenvalue weighted by Crippen LogP contribution is 2.31. The van der Waals surface area contributed by atoms with Gasteiger partial charge in [-0.3, -0.25) is 4.79 Å². The van der Waals surface area contributed by atoms with Crippen molar-refractivity contribution in [2.75, 3.05) is 17.3 Å².